The fourth-order valence-electron chi connectivity index (χ4n) is 3.21. The fraction of sp³-hybridized carbons (Fsp3) is 0.350. The first-order valence-electron chi connectivity index (χ1n) is 9.07. The maximum atomic E-state index is 12.8. The van der Waals surface area contributed by atoms with Crippen molar-refractivity contribution in [1.82, 2.24) is 4.31 Å². The van der Waals surface area contributed by atoms with Crippen LogP contribution in [0.3, 0.4) is 0 Å². The molecule has 0 aromatic heterocycles. The molecule has 0 radical (unpaired) electrons. The van der Waals surface area contributed by atoms with Gasteiger partial charge in [-0.05, 0) is 56.0 Å². The van der Waals surface area contributed by atoms with E-state index < -0.39 is 10.0 Å². The topological polar surface area (TPSA) is 75.7 Å². The highest BCUT2D eigenvalue weighted by atomic mass is 35.5. The van der Waals surface area contributed by atoms with Gasteiger partial charge in [0.1, 0.15) is 10.6 Å². The number of carbonyl (C=O) groups excluding carboxylic acids is 1. The quantitative estimate of drug-likeness (QED) is 0.769. The SMILES string of the molecule is Cc1cccc(C)c1OCC(=O)Nc1ccc(Cl)c(S(=O)(=O)N2CCCC2)c1. The van der Waals surface area contributed by atoms with Gasteiger partial charge in [-0.1, -0.05) is 29.8 Å². The van der Waals surface area contributed by atoms with Gasteiger partial charge in [-0.15, -0.1) is 0 Å². The van der Waals surface area contributed by atoms with Gasteiger partial charge in [-0.2, -0.15) is 4.31 Å². The Bertz CT molecular complexity index is 965. The number of benzene rings is 2. The Labute approximate surface area is 170 Å². The lowest BCUT2D eigenvalue weighted by atomic mass is 10.1. The van der Waals surface area contributed by atoms with Gasteiger partial charge in [-0.3, -0.25) is 4.79 Å². The predicted molar refractivity (Wildman–Crippen MR) is 109 cm³/mol. The Morgan fingerprint density at radius 3 is 2.43 bits per heavy atom. The van der Waals surface area contributed by atoms with Gasteiger partial charge in [0, 0.05) is 18.8 Å². The van der Waals surface area contributed by atoms with Gasteiger partial charge in [0.05, 0.1) is 5.02 Å². The summed E-state index contributed by atoms with van der Waals surface area (Å²) in [6, 6.07) is 10.2. The van der Waals surface area contributed by atoms with Crippen LogP contribution in [-0.4, -0.2) is 38.3 Å². The summed E-state index contributed by atoms with van der Waals surface area (Å²) in [6.07, 6.45) is 1.67. The van der Waals surface area contributed by atoms with Crippen LogP contribution in [0.1, 0.15) is 24.0 Å². The van der Waals surface area contributed by atoms with Crippen molar-refractivity contribution >= 4 is 33.2 Å². The summed E-state index contributed by atoms with van der Waals surface area (Å²) < 4.78 is 32.6. The van der Waals surface area contributed by atoms with Crippen LogP contribution in [0.25, 0.3) is 0 Å². The molecule has 0 bridgehead atoms. The number of aryl methyl sites for hydroxylation is 2. The van der Waals surface area contributed by atoms with E-state index in [1.807, 2.05) is 32.0 Å². The van der Waals surface area contributed by atoms with Crippen molar-refractivity contribution in [2.24, 2.45) is 0 Å². The zero-order chi connectivity index (χ0) is 20.3. The third-order valence-electron chi connectivity index (χ3n) is 4.65. The van der Waals surface area contributed by atoms with E-state index in [4.69, 9.17) is 16.3 Å². The van der Waals surface area contributed by atoms with E-state index in [1.54, 1.807) is 6.07 Å². The molecule has 1 fully saturated rings. The zero-order valence-corrected chi connectivity index (χ0v) is 17.4. The monoisotopic (exact) mass is 422 g/mol. The molecule has 1 saturated heterocycles. The van der Waals surface area contributed by atoms with E-state index in [0.717, 1.165) is 24.0 Å². The highest BCUT2D eigenvalue weighted by Gasteiger charge is 2.29. The molecule has 1 N–H and O–H groups in total. The van der Waals surface area contributed by atoms with Crippen molar-refractivity contribution in [1.29, 1.82) is 0 Å². The molecular weight excluding hydrogens is 400 g/mol. The third-order valence-corrected chi connectivity index (χ3v) is 7.03. The second-order valence-electron chi connectivity index (χ2n) is 6.81. The minimum atomic E-state index is -3.68. The number of ether oxygens (including phenoxy) is 1. The molecule has 0 atom stereocenters. The van der Waals surface area contributed by atoms with Crippen LogP contribution in [0, 0.1) is 13.8 Å². The van der Waals surface area contributed by atoms with Crippen LogP contribution >= 0.6 is 11.6 Å². The number of hydrogen-bond acceptors (Lipinski definition) is 4. The molecule has 8 heteroatoms. The van der Waals surface area contributed by atoms with E-state index in [0.29, 0.717) is 24.5 Å². The number of nitrogens with zero attached hydrogens (tertiary/aromatic N) is 1. The lowest BCUT2D eigenvalue weighted by Gasteiger charge is -2.17. The van der Waals surface area contributed by atoms with Crippen molar-refractivity contribution in [3.63, 3.8) is 0 Å². The largest absolute Gasteiger partial charge is 0.483 e. The van der Waals surface area contributed by atoms with Crippen LogP contribution in [0.4, 0.5) is 5.69 Å². The maximum absolute atomic E-state index is 12.8. The maximum Gasteiger partial charge on any atom is 0.262 e. The average molecular weight is 423 g/mol. The van der Waals surface area contributed by atoms with Crippen LogP contribution < -0.4 is 10.1 Å². The van der Waals surface area contributed by atoms with Crippen molar-refractivity contribution in [2.45, 2.75) is 31.6 Å². The van der Waals surface area contributed by atoms with E-state index in [9.17, 15) is 13.2 Å². The number of rotatable bonds is 6. The summed E-state index contributed by atoms with van der Waals surface area (Å²) in [5.41, 5.74) is 2.24. The highest BCUT2D eigenvalue weighted by Crippen LogP contribution is 2.29. The minimum absolute atomic E-state index is 0.00420. The molecule has 1 amide bonds. The zero-order valence-electron chi connectivity index (χ0n) is 15.9. The molecule has 3 rings (SSSR count). The van der Waals surface area contributed by atoms with Gasteiger partial charge in [0.15, 0.2) is 6.61 Å². The van der Waals surface area contributed by atoms with E-state index in [1.165, 1.54) is 16.4 Å². The molecule has 1 aliphatic rings. The Morgan fingerprint density at radius 1 is 1.14 bits per heavy atom. The average Bonchev–Trinajstić information content (AvgIpc) is 3.18. The first kappa shape index (κ1) is 20.6. The summed E-state index contributed by atoms with van der Waals surface area (Å²) in [5, 5.41) is 2.81. The van der Waals surface area contributed by atoms with E-state index in [2.05, 4.69) is 5.32 Å². The molecule has 1 aliphatic heterocycles. The van der Waals surface area contributed by atoms with Gasteiger partial charge < -0.3 is 10.1 Å². The first-order chi connectivity index (χ1) is 13.3. The summed E-state index contributed by atoms with van der Waals surface area (Å²) >= 11 is 6.13. The summed E-state index contributed by atoms with van der Waals surface area (Å²) in [6.45, 7) is 4.62. The van der Waals surface area contributed by atoms with Gasteiger partial charge in [0.25, 0.3) is 5.91 Å². The van der Waals surface area contributed by atoms with Crippen molar-refractivity contribution in [3.8, 4) is 5.75 Å². The molecule has 2 aromatic rings. The molecule has 0 spiro atoms. The smallest absolute Gasteiger partial charge is 0.262 e. The summed E-state index contributed by atoms with van der Waals surface area (Å²) in [7, 11) is -3.68. The van der Waals surface area contributed by atoms with Crippen LogP contribution in [0.2, 0.25) is 5.02 Å². The predicted octanol–water partition coefficient (Wildman–Crippen LogP) is 3.76. The number of para-hydroxylation sites is 1. The van der Waals surface area contributed by atoms with Gasteiger partial charge >= 0.3 is 0 Å². The normalized spacial score (nSPS) is 14.8. The number of carbonyl (C=O) groups is 1. The molecule has 0 saturated carbocycles. The van der Waals surface area contributed by atoms with Gasteiger partial charge in [-0.25, -0.2) is 8.42 Å². The Kier molecular flexibility index (Phi) is 6.27. The summed E-state index contributed by atoms with van der Waals surface area (Å²) in [5.74, 6) is 0.292. The number of nitrogens with one attached hydrogen (secondary N) is 1. The minimum Gasteiger partial charge on any atom is -0.483 e. The standard InChI is InChI=1S/C20H23ClN2O4S/c1-14-6-5-7-15(2)20(14)27-13-19(24)22-16-8-9-17(21)18(12-16)28(25,26)23-10-3-4-11-23/h5-9,12H,3-4,10-11,13H2,1-2H3,(H,22,24). The van der Waals surface area contributed by atoms with E-state index >= 15 is 0 Å². The highest BCUT2D eigenvalue weighted by molar-refractivity contribution is 7.89. The molecule has 0 unspecified atom stereocenters. The number of halogens is 1. The fourth-order valence-corrected chi connectivity index (χ4v) is 5.23. The van der Waals surface area contributed by atoms with E-state index in [-0.39, 0.29) is 22.4 Å². The van der Waals surface area contributed by atoms with Crippen LogP contribution in [0.15, 0.2) is 41.3 Å². The summed E-state index contributed by atoms with van der Waals surface area (Å²) in [4.78, 5) is 12.3. The molecule has 1 heterocycles. The molecule has 28 heavy (non-hydrogen) atoms. The second kappa shape index (κ2) is 8.51. The van der Waals surface area contributed by atoms with Crippen LogP contribution in [0.5, 0.6) is 5.75 Å². The number of anilines is 1. The number of hydrogen-bond donors (Lipinski definition) is 1. The van der Waals surface area contributed by atoms with Crippen LogP contribution in [-0.2, 0) is 14.8 Å². The van der Waals surface area contributed by atoms with Crippen molar-refractivity contribution < 1.29 is 17.9 Å². The number of amides is 1. The third kappa shape index (κ3) is 4.48. The molecule has 0 aliphatic carbocycles. The van der Waals surface area contributed by atoms with Crippen molar-refractivity contribution in [3.05, 3.63) is 52.5 Å². The molecule has 6 nitrogen and oxygen atoms in total. The molecule has 2 aromatic carbocycles. The van der Waals surface area contributed by atoms with Crippen molar-refractivity contribution in [2.75, 3.05) is 25.0 Å². The lowest BCUT2D eigenvalue weighted by Crippen LogP contribution is -2.28. The Balaban J connectivity index is 1.71. The Hall–Kier alpha value is -2.09. The first-order valence-corrected chi connectivity index (χ1v) is 10.9. The molecule has 150 valence electrons. The molecular formula is C20H23ClN2O4S. The Morgan fingerprint density at radius 2 is 1.79 bits per heavy atom. The second-order valence-corrected chi connectivity index (χ2v) is 9.13. The van der Waals surface area contributed by atoms with Gasteiger partial charge in [0.2, 0.25) is 10.0 Å². The number of sulfonamides is 1. The lowest BCUT2D eigenvalue weighted by molar-refractivity contribution is -0.118.